The molecule has 0 saturated carbocycles. The Labute approximate surface area is 111 Å². The summed E-state index contributed by atoms with van der Waals surface area (Å²) in [6, 6.07) is 7.55. The number of hydrogen-bond acceptors (Lipinski definition) is 2. The van der Waals surface area contributed by atoms with E-state index in [0.29, 0.717) is 6.04 Å². The summed E-state index contributed by atoms with van der Waals surface area (Å²) in [7, 11) is 0. The Morgan fingerprint density at radius 3 is 2.72 bits per heavy atom. The topological polar surface area (TPSA) is 15.3 Å². The standard InChI is InChI=1S/C16H26N2/c1-4-16(18-10-5-8-17-9-11-18)15-7-6-13(2)14(3)12-15/h6-7,12,16-17H,4-5,8-11H2,1-3H3. The molecule has 1 aliphatic heterocycles. The molecule has 1 atom stereocenters. The molecular weight excluding hydrogens is 220 g/mol. The summed E-state index contributed by atoms with van der Waals surface area (Å²) >= 11 is 0. The molecule has 0 bridgehead atoms. The van der Waals surface area contributed by atoms with Gasteiger partial charge in [0.2, 0.25) is 0 Å². The lowest BCUT2D eigenvalue weighted by Crippen LogP contribution is -2.32. The molecule has 2 heteroatoms. The van der Waals surface area contributed by atoms with E-state index in [1.807, 2.05) is 0 Å². The van der Waals surface area contributed by atoms with E-state index in [0.717, 1.165) is 6.54 Å². The van der Waals surface area contributed by atoms with E-state index in [4.69, 9.17) is 0 Å². The third-order valence-corrected chi connectivity index (χ3v) is 4.12. The minimum absolute atomic E-state index is 0.587. The van der Waals surface area contributed by atoms with Crippen molar-refractivity contribution in [1.29, 1.82) is 0 Å². The molecule has 1 heterocycles. The molecule has 1 N–H and O–H groups in total. The highest BCUT2D eigenvalue weighted by atomic mass is 15.2. The van der Waals surface area contributed by atoms with E-state index in [1.165, 1.54) is 49.2 Å². The van der Waals surface area contributed by atoms with Crippen LogP contribution in [-0.4, -0.2) is 31.1 Å². The van der Waals surface area contributed by atoms with Gasteiger partial charge in [-0.25, -0.2) is 0 Å². The minimum atomic E-state index is 0.587. The van der Waals surface area contributed by atoms with Gasteiger partial charge >= 0.3 is 0 Å². The second kappa shape index (κ2) is 6.35. The lowest BCUT2D eigenvalue weighted by atomic mass is 9.98. The minimum Gasteiger partial charge on any atom is -0.315 e. The Kier molecular flexibility index (Phi) is 4.79. The van der Waals surface area contributed by atoms with Crippen LogP contribution in [0.1, 0.15) is 42.5 Å². The third kappa shape index (κ3) is 3.12. The van der Waals surface area contributed by atoms with Crippen LogP contribution in [-0.2, 0) is 0 Å². The maximum Gasteiger partial charge on any atom is 0.0346 e. The van der Waals surface area contributed by atoms with Crippen LogP contribution in [0.25, 0.3) is 0 Å². The van der Waals surface area contributed by atoms with Gasteiger partial charge in [-0.1, -0.05) is 25.1 Å². The second-order valence-corrected chi connectivity index (χ2v) is 5.41. The highest BCUT2D eigenvalue weighted by Gasteiger charge is 2.19. The van der Waals surface area contributed by atoms with Crippen molar-refractivity contribution >= 4 is 0 Å². The molecule has 1 fully saturated rings. The van der Waals surface area contributed by atoms with Crippen LogP contribution in [0, 0.1) is 13.8 Å². The van der Waals surface area contributed by atoms with Crippen LogP contribution in [0.3, 0.4) is 0 Å². The summed E-state index contributed by atoms with van der Waals surface area (Å²) < 4.78 is 0. The SMILES string of the molecule is CCC(c1ccc(C)c(C)c1)N1CCCNCC1. The predicted molar refractivity (Wildman–Crippen MR) is 78.0 cm³/mol. The lowest BCUT2D eigenvalue weighted by molar-refractivity contribution is 0.205. The summed E-state index contributed by atoms with van der Waals surface area (Å²) in [6.45, 7) is 11.4. The Balaban J connectivity index is 2.17. The van der Waals surface area contributed by atoms with Crippen molar-refractivity contribution in [2.45, 2.75) is 39.7 Å². The summed E-state index contributed by atoms with van der Waals surface area (Å²) in [5.74, 6) is 0. The molecule has 2 nitrogen and oxygen atoms in total. The second-order valence-electron chi connectivity index (χ2n) is 5.41. The summed E-state index contributed by atoms with van der Waals surface area (Å²) in [4.78, 5) is 2.64. The van der Waals surface area contributed by atoms with Crippen LogP contribution >= 0.6 is 0 Å². The fourth-order valence-corrected chi connectivity index (χ4v) is 2.85. The van der Waals surface area contributed by atoms with E-state index in [1.54, 1.807) is 0 Å². The monoisotopic (exact) mass is 246 g/mol. The maximum atomic E-state index is 3.49. The third-order valence-electron chi connectivity index (χ3n) is 4.12. The predicted octanol–water partition coefficient (Wildman–Crippen LogP) is 3.05. The zero-order chi connectivity index (χ0) is 13.0. The molecule has 0 aromatic heterocycles. The van der Waals surface area contributed by atoms with E-state index in [2.05, 4.69) is 49.2 Å². The van der Waals surface area contributed by atoms with Crippen LogP contribution in [0.2, 0.25) is 0 Å². The smallest absolute Gasteiger partial charge is 0.0346 e. The Morgan fingerprint density at radius 2 is 2.00 bits per heavy atom. The van der Waals surface area contributed by atoms with Crippen molar-refractivity contribution in [3.63, 3.8) is 0 Å². The first kappa shape index (κ1) is 13.6. The number of nitrogens with zero attached hydrogens (tertiary/aromatic N) is 1. The van der Waals surface area contributed by atoms with Gasteiger partial charge in [0, 0.05) is 25.7 Å². The van der Waals surface area contributed by atoms with E-state index < -0.39 is 0 Å². The van der Waals surface area contributed by atoms with Gasteiger partial charge in [0.05, 0.1) is 0 Å². The van der Waals surface area contributed by atoms with Crippen molar-refractivity contribution in [3.05, 3.63) is 34.9 Å². The average Bonchev–Trinajstić information content (AvgIpc) is 2.64. The van der Waals surface area contributed by atoms with Gasteiger partial charge in [0.1, 0.15) is 0 Å². The van der Waals surface area contributed by atoms with Gasteiger partial charge < -0.3 is 5.32 Å². The van der Waals surface area contributed by atoms with Crippen molar-refractivity contribution in [1.82, 2.24) is 10.2 Å². The van der Waals surface area contributed by atoms with Crippen molar-refractivity contribution in [3.8, 4) is 0 Å². The molecule has 0 spiro atoms. The summed E-state index contributed by atoms with van der Waals surface area (Å²) in [5, 5.41) is 3.49. The molecule has 0 radical (unpaired) electrons. The van der Waals surface area contributed by atoms with Crippen molar-refractivity contribution in [2.75, 3.05) is 26.2 Å². The molecule has 1 unspecified atom stereocenters. The van der Waals surface area contributed by atoms with E-state index in [9.17, 15) is 0 Å². The van der Waals surface area contributed by atoms with Gasteiger partial charge in [-0.05, 0) is 49.9 Å². The largest absolute Gasteiger partial charge is 0.315 e. The summed E-state index contributed by atoms with van der Waals surface area (Å²) in [6.07, 6.45) is 2.46. The number of benzene rings is 1. The van der Waals surface area contributed by atoms with Crippen LogP contribution in [0.4, 0.5) is 0 Å². The quantitative estimate of drug-likeness (QED) is 0.882. The molecule has 1 saturated heterocycles. The van der Waals surface area contributed by atoms with Crippen molar-refractivity contribution in [2.24, 2.45) is 0 Å². The zero-order valence-electron chi connectivity index (χ0n) is 12.0. The Morgan fingerprint density at radius 1 is 1.17 bits per heavy atom. The maximum absolute atomic E-state index is 3.49. The van der Waals surface area contributed by atoms with Gasteiger partial charge in [0.15, 0.2) is 0 Å². The average molecular weight is 246 g/mol. The van der Waals surface area contributed by atoms with Crippen LogP contribution in [0.5, 0.6) is 0 Å². The Hall–Kier alpha value is -0.860. The van der Waals surface area contributed by atoms with Crippen molar-refractivity contribution < 1.29 is 0 Å². The molecule has 0 aliphatic carbocycles. The van der Waals surface area contributed by atoms with E-state index >= 15 is 0 Å². The summed E-state index contributed by atoms with van der Waals surface area (Å²) in [5.41, 5.74) is 4.30. The molecule has 1 aromatic carbocycles. The first-order chi connectivity index (χ1) is 8.72. The highest BCUT2D eigenvalue weighted by molar-refractivity contribution is 5.31. The highest BCUT2D eigenvalue weighted by Crippen LogP contribution is 2.26. The number of aryl methyl sites for hydroxylation is 2. The van der Waals surface area contributed by atoms with Crippen LogP contribution in [0.15, 0.2) is 18.2 Å². The number of rotatable bonds is 3. The van der Waals surface area contributed by atoms with Gasteiger partial charge in [-0.3, -0.25) is 4.90 Å². The fourth-order valence-electron chi connectivity index (χ4n) is 2.85. The molecule has 1 aromatic rings. The first-order valence-corrected chi connectivity index (χ1v) is 7.24. The molecule has 0 amide bonds. The van der Waals surface area contributed by atoms with Gasteiger partial charge in [-0.2, -0.15) is 0 Å². The molecule has 18 heavy (non-hydrogen) atoms. The lowest BCUT2D eigenvalue weighted by Gasteiger charge is -2.30. The van der Waals surface area contributed by atoms with Gasteiger partial charge in [-0.15, -0.1) is 0 Å². The van der Waals surface area contributed by atoms with Gasteiger partial charge in [0.25, 0.3) is 0 Å². The molecule has 100 valence electrons. The van der Waals surface area contributed by atoms with Crippen LogP contribution < -0.4 is 5.32 Å². The normalized spacial score (nSPS) is 19.5. The van der Waals surface area contributed by atoms with E-state index in [-0.39, 0.29) is 0 Å². The zero-order valence-corrected chi connectivity index (χ0v) is 12.0. The number of hydrogen-bond donors (Lipinski definition) is 1. The molecule has 1 aliphatic rings. The first-order valence-electron chi connectivity index (χ1n) is 7.24. The number of nitrogens with one attached hydrogen (secondary N) is 1. The Bertz CT molecular complexity index is 379. The molecular formula is C16H26N2. The molecule has 2 rings (SSSR count). The fraction of sp³-hybridized carbons (Fsp3) is 0.625.